The van der Waals surface area contributed by atoms with E-state index in [2.05, 4.69) is 10.3 Å². The Balaban J connectivity index is 2.03. The van der Waals surface area contributed by atoms with Crippen LogP contribution in [0.4, 0.5) is 10.1 Å². The normalized spacial score (nSPS) is 15.0. The molecule has 0 fully saturated rings. The van der Waals surface area contributed by atoms with E-state index < -0.39 is 17.7 Å². The van der Waals surface area contributed by atoms with Gasteiger partial charge < -0.3 is 19.8 Å². The number of aryl methyl sites for hydroxylation is 1. The van der Waals surface area contributed by atoms with Gasteiger partial charge in [-0.15, -0.1) is 0 Å². The zero-order valence-corrected chi connectivity index (χ0v) is 16.1. The number of para-hydroxylation sites is 1. The van der Waals surface area contributed by atoms with Crippen molar-refractivity contribution in [3.8, 4) is 17.0 Å². The van der Waals surface area contributed by atoms with Crippen molar-refractivity contribution in [2.45, 2.75) is 12.8 Å². The van der Waals surface area contributed by atoms with Crippen molar-refractivity contribution in [1.82, 2.24) is 4.98 Å². The number of aromatic amines is 1. The number of hydrogen-bond acceptors (Lipinski definition) is 4. The third-order valence-electron chi connectivity index (χ3n) is 5.13. The summed E-state index contributed by atoms with van der Waals surface area (Å²) in [7, 11) is 2.73. The van der Waals surface area contributed by atoms with Crippen LogP contribution in [0, 0.1) is 12.7 Å². The zero-order valence-electron chi connectivity index (χ0n) is 16.1. The van der Waals surface area contributed by atoms with Gasteiger partial charge in [0.15, 0.2) is 0 Å². The minimum absolute atomic E-state index is 0.252. The number of carbonyl (C=O) groups excluding carboxylic acids is 2. The maximum Gasteiger partial charge on any atom is 0.340 e. The second kappa shape index (κ2) is 7.09. The van der Waals surface area contributed by atoms with E-state index in [9.17, 15) is 14.0 Å². The average molecular weight is 394 g/mol. The Hall–Kier alpha value is -3.61. The van der Waals surface area contributed by atoms with Crippen LogP contribution in [0.2, 0.25) is 0 Å². The van der Waals surface area contributed by atoms with Crippen molar-refractivity contribution < 1.29 is 23.5 Å². The number of nitrogens with one attached hydrogen (secondary N) is 2. The second-order valence-electron chi connectivity index (χ2n) is 6.76. The van der Waals surface area contributed by atoms with Crippen LogP contribution in [0.15, 0.2) is 42.5 Å². The number of amides is 1. The van der Waals surface area contributed by atoms with Crippen molar-refractivity contribution >= 4 is 17.6 Å². The molecular formula is C22H19FN2O4. The molecule has 1 atom stereocenters. The van der Waals surface area contributed by atoms with Gasteiger partial charge in [0.1, 0.15) is 11.6 Å². The Labute approximate surface area is 166 Å². The van der Waals surface area contributed by atoms with E-state index >= 15 is 0 Å². The highest BCUT2D eigenvalue weighted by molar-refractivity contribution is 6.08. The molecule has 2 heterocycles. The molecule has 0 radical (unpaired) electrons. The predicted octanol–water partition coefficient (Wildman–Crippen LogP) is 4.01. The van der Waals surface area contributed by atoms with Gasteiger partial charge in [-0.2, -0.15) is 0 Å². The van der Waals surface area contributed by atoms with E-state index in [1.165, 1.54) is 26.4 Å². The first-order valence-corrected chi connectivity index (χ1v) is 9.00. The van der Waals surface area contributed by atoms with Crippen LogP contribution in [-0.4, -0.2) is 31.1 Å². The number of methoxy groups -OCH3 is 2. The van der Waals surface area contributed by atoms with Gasteiger partial charge in [-0.05, 0) is 30.7 Å². The van der Waals surface area contributed by atoms with Crippen LogP contribution in [-0.2, 0) is 9.53 Å². The lowest BCUT2D eigenvalue weighted by atomic mass is 9.87. The number of aromatic nitrogens is 1. The van der Waals surface area contributed by atoms with Crippen LogP contribution in [0.25, 0.3) is 11.3 Å². The number of carbonyl (C=O) groups is 2. The van der Waals surface area contributed by atoms with E-state index in [1.54, 1.807) is 13.0 Å². The molecule has 0 unspecified atom stereocenters. The van der Waals surface area contributed by atoms with Gasteiger partial charge >= 0.3 is 5.97 Å². The highest BCUT2D eigenvalue weighted by Crippen LogP contribution is 2.45. The molecule has 0 bridgehead atoms. The Kier molecular flexibility index (Phi) is 4.58. The molecule has 1 aliphatic heterocycles. The highest BCUT2D eigenvalue weighted by Gasteiger charge is 2.39. The monoisotopic (exact) mass is 394 g/mol. The summed E-state index contributed by atoms with van der Waals surface area (Å²) >= 11 is 0. The third-order valence-corrected chi connectivity index (χ3v) is 5.13. The topological polar surface area (TPSA) is 80.4 Å². The Bertz CT molecular complexity index is 1140. The summed E-state index contributed by atoms with van der Waals surface area (Å²) in [5.74, 6) is -1.70. The van der Waals surface area contributed by atoms with Crippen molar-refractivity contribution in [3.63, 3.8) is 0 Å². The molecule has 7 heteroatoms. The second-order valence-corrected chi connectivity index (χ2v) is 6.76. The molecule has 0 spiro atoms. The van der Waals surface area contributed by atoms with Crippen molar-refractivity contribution in [3.05, 3.63) is 70.7 Å². The summed E-state index contributed by atoms with van der Waals surface area (Å²) in [6, 6.07) is 11.4. The smallest absolute Gasteiger partial charge is 0.340 e. The molecule has 0 saturated heterocycles. The van der Waals surface area contributed by atoms with E-state index in [0.717, 1.165) is 5.56 Å². The number of halogens is 1. The van der Waals surface area contributed by atoms with Crippen molar-refractivity contribution in [1.29, 1.82) is 0 Å². The zero-order chi connectivity index (χ0) is 20.7. The first-order chi connectivity index (χ1) is 14.0. The number of ether oxygens (including phenoxy) is 2. The minimum atomic E-state index is -0.727. The van der Waals surface area contributed by atoms with Crippen LogP contribution >= 0.6 is 0 Å². The first-order valence-electron chi connectivity index (χ1n) is 9.00. The van der Waals surface area contributed by atoms with Gasteiger partial charge in [0.25, 0.3) is 0 Å². The summed E-state index contributed by atoms with van der Waals surface area (Å²) < 4.78 is 24.1. The van der Waals surface area contributed by atoms with Crippen LogP contribution in [0.5, 0.6) is 5.75 Å². The fourth-order valence-electron chi connectivity index (χ4n) is 3.88. The maximum absolute atomic E-state index is 13.7. The first kappa shape index (κ1) is 18.7. The molecule has 1 aromatic heterocycles. The standard InChI is InChI=1S/C22H19FN2O4/c1-11-17(22(27)29-3)19(18-13-6-4-5-7-15(13)25-21(18)26)20(24-11)14-9-8-12(23)10-16(14)28-2/h4-10,18,24H,1-3H3,(H,25,26)/t18-/m1/s1. The van der Waals surface area contributed by atoms with Crippen LogP contribution < -0.4 is 10.1 Å². The number of benzene rings is 2. The lowest BCUT2D eigenvalue weighted by molar-refractivity contribution is -0.116. The van der Waals surface area contributed by atoms with Crippen molar-refractivity contribution in [2.24, 2.45) is 0 Å². The molecule has 148 valence electrons. The summed E-state index contributed by atoms with van der Waals surface area (Å²) in [6.07, 6.45) is 0. The molecule has 1 amide bonds. The van der Waals surface area contributed by atoms with Gasteiger partial charge in [0, 0.05) is 28.6 Å². The van der Waals surface area contributed by atoms with Gasteiger partial charge in [0.05, 0.1) is 31.4 Å². The summed E-state index contributed by atoms with van der Waals surface area (Å²) in [5, 5.41) is 2.86. The summed E-state index contributed by atoms with van der Waals surface area (Å²) in [5.41, 5.74) is 3.80. The van der Waals surface area contributed by atoms with E-state index in [4.69, 9.17) is 9.47 Å². The lowest BCUT2D eigenvalue weighted by Crippen LogP contribution is -2.17. The number of rotatable bonds is 4. The average Bonchev–Trinajstić information content (AvgIpc) is 3.22. The molecule has 3 aromatic rings. The van der Waals surface area contributed by atoms with Gasteiger partial charge in [-0.3, -0.25) is 4.79 Å². The number of esters is 1. The van der Waals surface area contributed by atoms with E-state index in [-0.39, 0.29) is 17.2 Å². The van der Waals surface area contributed by atoms with E-state index in [1.807, 2.05) is 24.3 Å². The van der Waals surface area contributed by atoms with Gasteiger partial charge in [-0.1, -0.05) is 18.2 Å². The molecule has 2 aromatic carbocycles. The molecule has 0 aliphatic carbocycles. The molecular weight excluding hydrogens is 375 g/mol. The van der Waals surface area contributed by atoms with Crippen LogP contribution in [0.3, 0.4) is 0 Å². The molecule has 6 nitrogen and oxygen atoms in total. The predicted molar refractivity (Wildman–Crippen MR) is 106 cm³/mol. The Morgan fingerprint density at radius 1 is 1.14 bits per heavy atom. The molecule has 29 heavy (non-hydrogen) atoms. The summed E-state index contributed by atoms with van der Waals surface area (Å²) in [4.78, 5) is 28.7. The third kappa shape index (κ3) is 2.95. The quantitative estimate of drug-likeness (QED) is 0.656. The molecule has 0 saturated carbocycles. The largest absolute Gasteiger partial charge is 0.496 e. The van der Waals surface area contributed by atoms with Crippen molar-refractivity contribution in [2.75, 3.05) is 19.5 Å². The number of hydrogen-bond donors (Lipinski definition) is 2. The lowest BCUT2D eigenvalue weighted by Gasteiger charge is -2.15. The number of anilines is 1. The fourth-order valence-corrected chi connectivity index (χ4v) is 3.88. The van der Waals surface area contributed by atoms with Crippen LogP contribution in [0.1, 0.15) is 33.1 Å². The maximum atomic E-state index is 13.7. The molecule has 2 N–H and O–H groups in total. The number of fused-ring (bicyclic) bond motifs is 1. The van der Waals surface area contributed by atoms with Gasteiger partial charge in [0.2, 0.25) is 5.91 Å². The van der Waals surface area contributed by atoms with E-state index in [0.29, 0.717) is 28.2 Å². The van der Waals surface area contributed by atoms with Gasteiger partial charge in [-0.25, -0.2) is 9.18 Å². The fraction of sp³-hybridized carbons (Fsp3) is 0.182. The Morgan fingerprint density at radius 3 is 2.62 bits per heavy atom. The molecule has 4 rings (SSSR count). The SMILES string of the molecule is COC(=O)c1c(C)[nH]c(-c2ccc(F)cc2OC)c1[C@@H]1C(=O)Nc2ccccc21. The number of H-pyrrole nitrogens is 1. The molecule has 1 aliphatic rings. The Morgan fingerprint density at radius 2 is 1.90 bits per heavy atom. The minimum Gasteiger partial charge on any atom is -0.496 e. The highest BCUT2D eigenvalue weighted by atomic mass is 19.1. The summed E-state index contributed by atoms with van der Waals surface area (Å²) in [6.45, 7) is 1.73.